The Kier molecular flexibility index (Phi) is 4.34. The third-order valence-electron chi connectivity index (χ3n) is 5.22. The van der Waals surface area contributed by atoms with Crippen molar-refractivity contribution in [3.8, 4) is 0 Å². The smallest absolute Gasteiger partial charge is 0.225 e. The summed E-state index contributed by atoms with van der Waals surface area (Å²) >= 11 is 0. The van der Waals surface area contributed by atoms with Crippen molar-refractivity contribution in [2.24, 2.45) is 0 Å². The van der Waals surface area contributed by atoms with Gasteiger partial charge in [0.05, 0.1) is 0 Å². The van der Waals surface area contributed by atoms with Crippen molar-refractivity contribution in [2.45, 2.75) is 31.1 Å². The van der Waals surface area contributed by atoms with Crippen LogP contribution in [-0.2, 0) is 9.59 Å². The zero-order valence-corrected chi connectivity index (χ0v) is 14.3. The van der Waals surface area contributed by atoms with E-state index in [9.17, 15) is 22.8 Å². The number of Topliss-reactive ketones (excluding diaryl/α,β-unsaturated/α-hetero) is 1. The summed E-state index contributed by atoms with van der Waals surface area (Å²) in [6, 6.07) is 9.09. The number of nitrogens with one attached hydrogen (secondary N) is 1. The fraction of sp³-hybridized carbons (Fsp3) is 0.238. The molecule has 1 amide bonds. The summed E-state index contributed by atoms with van der Waals surface area (Å²) in [5.74, 6) is -3.25. The number of benzene rings is 2. The Labute approximate surface area is 153 Å². The summed E-state index contributed by atoms with van der Waals surface area (Å²) in [5, 5.41) is 2.74. The highest BCUT2D eigenvalue weighted by Crippen LogP contribution is 2.43. The maximum Gasteiger partial charge on any atom is 0.225 e. The van der Waals surface area contributed by atoms with Gasteiger partial charge in [0.2, 0.25) is 5.91 Å². The minimum absolute atomic E-state index is 0.0612. The molecule has 1 N–H and O–H groups in total. The van der Waals surface area contributed by atoms with E-state index < -0.39 is 17.6 Å². The van der Waals surface area contributed by atoms with E-state index in [4.69, 9.17) is 0 Å². The number of amides is 1. The van der Waals surface area contributed by atoms with Gasteiger partial charge in [0, 0.05) is 36.1 Å². The molecule has 1 aliphatic carbocycles. The minimum Gasteiger partial charge on any atom is -0.329 e. The second-order valence-corrected chi connectivity index (χ2v) is 6.94. The van der Waals surface area contributed by atoms with Gasteiger partial charge < -0.3 is 5.32 Å². The molecule has 0 fully saturated rings. The number of hydrogen-bond donors (Lipinski definition) is 1. The molecular formula is C21H16F3NO2. The number of allylic oxidation sites excluding steroid dienone is 2. The summed E-state index contributed by atoms with van der Waals surface area (Å²) in [6.07, 6.45) is 0.533. The average Bonchev–Trinajstić information content (AvgIpc) is 2.61. The number of hydrogen-bond acceptors (Lipinski definition) is 2. The normalized spacial score (nSPS) is 22.5. The zero-order chi connectivity index (χ0) is 19.1. The first-order valence-corrected chi connectivity index (χ1v) is 8.69. The highest BCUT2D eigenvalue weighted by molar-refractivity contribution is 6.02. The molecule has 2 aromatic rings. The van der Waals surface area contributed by atoms with E-state index in [1.165, 1.54) is 18.2 Å². The van der Waals surface area contributed by atoms with Crippen molar-refractivity contribution in [1.82, 2.24) is 5.32 Å². The summed E-state index contributed by atoms with van der Waals surface area (Å²) in [6.45, 7) is 0. The van der Waals surface area contributed by atoms with Crippen LogP contribution < -0.4 is 5.32 Å². The Morgan fingerprint density at radius 3 is 2.26 bits per heavy atom. The summed E-state index contributed by atoms with van der Waals surface area (Å²) in [4.78, 5) is 25.0. The van der Waals surface area contributed by atoms with Crippen molar-refractivity contribution in [3.05, 3.63) is 82.3 Å². The molecule has 0 bridgehead atoms. The molecule has 27 heavy (non-hydrogen) atoms. The molecule has 2 aromatic carbocycles. The summed E-state index contributed by atoms with van der Waals surface area (Å²) in [7, 11) is 0. The van der Waals surface area contributed by atoms with Crippen molar-refractivity contribution in [3.63, 3.8) is 0 Å². The lowest BCUT2D eigenvalue weighted by atomic mass is 9.73. The Hall–Kier alpha value is -2.89. The third kappa shape index (κ3) is 3.27. The Bertz CT molecular complexity index is 966. The fourth-order valence-corrected chi connectivity index (χ4v) is 3.98. The van der Waals surface area contributed by atoms with Gasteiger partial charge in [-0.1, -0.05) is 18.2 Å². The lowest BCUT2D eigenvalue weighted by molar-refractivity contribution is -0.122. The molecule has 0 unspecified atom stereocenters. The molecule has 0 aromatic heterocycles. The third-order valence-corrected chi connectivity index (χ3v) is 5.22. The van der Waals surface area contributed by atoms with Gasteiger partial charge in [-0.15, -0.1) is 0 Å². The zero-order valence-electron chi connectivity index (χ0n) is 14.3. The van der Waals surface area contributed by atoms with Gasteiger partial charge in [0.1, 0.15) is 17.5 Å². The van der Waals surface area contributed by atoms with Crippen molar-refractivity contribution in [1.29, 1.82) is 0 Å². The first kappa shape index (κ1) is 17.5. The van der Waals surface area contributed by atoms with Crippen LogP contribution in [0.15, 0.2) is 53.7 Å². The second kappa shape index (κ2) is 6.68. The molecule has 0 radical (unpaired) electrons. The Morgan fingerprint density at radius 2 is 1.56 bits per heavy atom. The monoisotopic (exact) mass is 371 g/mol. The number of rotatable bonds is 2. The summed E-state index contributed by atoms with van der Waals surface area (Å²) < 4.78 is 40.7. The van der Waals surface area contributed by atoms with E-state index in [0.717, 1.165) is 17.7 Å². The van der Waals surface area contributed by atoms with E-state index in [0.29, 0.717) is 17.7 Å². The second-order valence-electron chi connectivity index (χ2n) is 6.94. The van der Waals surface area contributed by atoms with Crippen LogP contribution in [0.2, 0.25) is 0 Å². The molecule has 4 rings (SSSR count). The molecule has 1 heterocycles. The number of halogens is 3. The number of carbonyl (C=O) groups is 2. The van der Waals surface area contributed by atoms with Gasteiger partial charge >= 0.3 is 0 Å². The van der Waals surface area contributed by atoms with Crippen LogP contribution in [0.3, 0.4) is 0 Å². The van der Waals surface area contributed by atoms with Gasteiger partial charge in [-0.2, -0.15) is 0 Å². The van der Waals surface area contributed by atoms with Crippen LogP contribution in [-0.4, -0.2) is 11.7 Å². The van der Waals surface area contributed by atoms with E-state index in [2.05, 4.69) is 5.32 Å². The minimum atomic E-state index is -0.769. The molecule has 0 spiro atoms. The molecule has 3 nitrogen and oxygen atoms in total. The van der Waals surface area contributed by atoms with Crippen LogP contribution in [0.1, 0.15) is 42.2 Å². The van der Waals surface area contributed by atoms with Crippen LogP contribution in [0.4, 0.5) is 13.2 Å². The molecule has 0 saturated heterocycles. The van der Waals surface area contributed by atoms with Gasteiger partial charge in [-0.25, -0.2) is 13.2 Å². The van der Waals surface area contributed by atoms with Crippen molar-refractivity contribution >= 4 is 11.7 Å². The average molecular weight is 371 g/mol. The van der Waals surface area contributed by atoms with E-state index >= 15 is 0 Å². The van der Waals surface area contributed by atoms with Gasteiger partial charge in [-0.3, -0.25) is 9.59 Å². The topological polar surface area (TPSA) is 46.2 Å². The van der Waals surface area contributed by atoms with E-state index in [-0.39, 0.29) is 41.8 Å². The first-order valence-electron chi connectivity index (χ1n) is 8.69. The summed E-state index contributed by atoms with van der Waals surface area (Å²) in [5.41, 5.74) is 1.82. The highest BCUT2D eigenvalue weighted by Gasteiger charge is 2.39. The number of ketones is 1. The molecule has 2 atom stereocenters. The lowest BCUT2D eigenvalue weighted by Gasteiger charge is -2.34. The molecular weight excluding hydrogens is 355 g/mol. The quantitative estimate of drug-likeness (QED) is 0.864. The molecule has 0 saturated carbocycles. The van der Waals surface area contributed by atoms with Gasteiger partial charge in [-0.05, 0) is 41.7 Å². The van der Waals surface area contributed by atoms with Crippen molar-refractivity contribution < 1.29 is 22.8 Å². The number of carbonyl (C=O) groups excluding carboxylic acids is 2. The van der Waals surface area contributed by atoms with E-state index in [1.54, 1.807) is 12.1 Å². The van der Waals surface area contributed by atoms with Crippen LogP contribution in [0.5, 0.6) is 0 Å². The Morgan fingerprint density at radius 1 is 0.852 bits per heavy atom. The van der Waals surface area contributed by atoms with Crippen LogP contribution >= 0.6 is 0 Å². The fourth-order valence-electron chi connectivity index (χ4n) is 3.98. The first-order chi connectivity index (χ1) is 12.9. The predicted octanol–water partition coefficient (Wildman–Crippen LogP) is 4.11. The van der Waals surface area contributed by atoms with E-state index in [1.807, 2.05) is 0 Å². The standard InChI is InChI=1S/C21H16F3NO2/c22-13-3-1-11(2-4-13)12-7-18-21(19(26)8-12)16(10-20(27)25-18)15-6-5-14(23)9-17(15)24/h1-6,9,12,16H,7-8,10H2,(H,25,27)/t12-,16-/m1/s1. The maximum atomic E-state index is 14.3. The van der Waals surface area contributed by atoms with Gasteiger partial charge in [0.25, 0.3) is 0 Å². The van der Waals surface area contributed by atoms with Crippen LogP contribution in [0.25, 0.3) is 0 Å². The SMILES string of the molecule is O=C1C[C@H](c2ccc(F)cc2F)C2=C(C[C@@H](c3ccc(F)cc3)CC2=O)N1. The maximum absolute atomic E-state index is 14.3. The molecule has 2 aliphatic rings. The van der Waals surface area contributed by atoms with Gasteiger partial charge in [0.15, 0.2) is 5.78 Å². The lowest BCUT2D eigenvalue weighted by Crippen LogP contribution is -2.38. The van der Waals surface area contributed by atoms with Crippen molar-refractivity contribution in [2.75, 3.05) is 0 Å². The molecule has 6 heteroatoms. The molecule has 1 aliphatic heterocycles. The Balaban J connectivity index is 1.73. The largest absolute Gasteiger partial charge is 0.329 e. The van der Waals surface area contributed by atoms with Crippen LogP contribution in [0, 0.1) is 17.5 Å². The highest BCUT2D eigenvalue weighted by atomic mass is 19.1. The predicted molar refractivity (Wildman–Crippen MR) is 92.3 cm³/mol. The molecule has 138 valence electrons.